The smallest absolute Gasteiger partial charge is 0.231 e. The SMILES string of the molecule is O=C(Cc1ccc2c(c1)OCO2)Nc1cnn(CC2CCCCO2)c1. The molecular formula is C18H21N3O4. The van der Waals surface area contributed by atoms with Crippen molar-refractivity contribution in [2.45, 2.75) is 38.3 Å². The zero-order chi connectivity index (χ0) is 17.1. The maximum absolute atomic E-state index is 12.2. The number of amides is 1. The van der Waals surface area contributed by atoms with E-state index in [0.717, 1.165) is 37.3 Å². The summed E-state index contributed by atoms with van der Waals surface area (Å²) in [5.41, 5.74) is 1.58. The number of nitrogens with zero attached hydrogens (tertiary/aromatic N) is 2. The molecule has 7 nitrogen and oxygen atoms in total. The molecule has 1 unspecified atom stereocenters. The lowest BCUT2D eigenvalue weighted by atomic mass is 10.1. The lowest BCUT2D eigenvalue weighted by molar-refractivity contribution is -0.115. The van der Waals surface area contributed by atoms with Crippen LogP contribution in [0.3, 0.4) is 0 Å². The average molecular weight is 343 g/mol. The molecule has 25 heavy (non-hydrogen) atoms. The van der Waals surface area contributed by atoms with Crippen molar-refractivity contribution >= 4 is 11.6 Å². The second kappa shape index (κ2) is 7.14. The van der Waals surface area contributed by atoms with Gasteiger partial charge in [0.15, 0.2) is 11.5 Å². The van der Waals surface area contributed by atoms with Crippen LogP contribution in [0.4, 0.5) is 5.69 Å². The number of rotatable bonds is 5. The van der Waals surface area contributed by atoms with E-state index in [-0.39, 0.29) is 25.2 Å². The second-order valence-corrected chi connectivity index (χ2v) is 6.35. The summed E-state index contributed by atoms with van der Waals surface area (Å²) < 4.78 is 18.2. The Labute approximate surface area is 145 Å². The number of nitrogens with one attached hydrogen (secondary N) is 1. The first kappa shape index (κ1) is 16.0. The zero-order valence-electron chi connectivity index (χ0n) is 13.9. The first-order valence-corrected chi connectivity index (χ1v) is 8.59. The summed E-state index contributed by atoms with van der Waals surface area (Å²) in [6.45, 7) is 1.78. The average Bonchev–Trinajstić information content (AvgIpc) is 3.24. The van der Waals surface area contributed by atoms with Crippen LogP contribution in [-0.4, -0.2) is 35.2 Å². The van der Waals surface area contributed by atoms with E-state index >= 15 is 0 Å². The van der Waals surface area contributed by atoms with Crippen LogP contribution in [0.15, 0.2) is 30.6 Å². The summed E-state index contributed by atoms with van der Waals surface area (Å²) in [6.07, 6.45) is 7.39. The molecule has 1 atom stereocenters. The van der Waals surface area contributed by atoms with Crippen molar-refractivity contribution in [2.75, 3.05) is 18.7 Å². The van der Waals surface area contributed by atoms with Gasteiger partial charge in [0.2, 0.25) is 12.7 Å². The van der Waals surface area contributed by atoms with Gasteiger partial charge in [0.05, 0.1) is 31.0 Å². The Morgan fingerprint density at radius 1 is 1.28 bits per heavy atom. The molecule has 2 aliphatic rings. The van der Waals surface area contributed by atoms with Gasteiger partial charge in [0, 0.05) is 12.8 Å². The Bertz CT molecular complexity index is 753. The number of carbonyl (C=O) groups is 1. The Morgan fingerprint density at radius 3 is 3.08 bits per heavy atom. The minimum absolute atomic E-state index is 0.0904. The van der Waals surface area contributed by atoms with Crippen molar-refractivity contribution in [1.29, 1.82) is 0 Å². The molecule has 1 N–H and O–H groups in total. The quantitative estimate of drug-likeness (QED) is 0.902. The van der Waals surface area contributed by atoms with E-state index in [0.29, 0.717) is 11.4 Å². The number of ether oxygens (including phenoxy) is 3. The van der Waals surface area contributed by atoms with Crippen molar-refractivity contribution < 1.29 is 19.0 Å². The summed E-state index contributed by atoms with van der Waals surface area (Å²) in [6, 6.07) is 5.54. The highest BCUT2D eigenvalue weighted by Crippen LogP contribution is 2.32. The largest absolute Gasteiger partial charge is 0.454 e. The maximum atomic E-state index is 12.2. The number of benzene rings is 1. The molecule has 4 rings (SSSR count). The van der Waals surface area contributed by atoms with Gasteiger partial charge in [0.25, 0.3) is 0 Å². The van der Waals surface area contributed by atoms with E-state index in [1.807, 2.05) is 29.1 Å². The maximum Gasteiger partial charge on any atom is 0.231 e. The molecule has 1 aromatic heterocycles. The summed E-state index contributed by atoms with van der Waals surface area (Å²) in [4.78, 5) is 12.2. The molecule has 1 amide bonds. The number of aromatic nitrogens is 2. The van der Waals surface area contributed by atoms with Gasteiger partial charge < -0.3 is 19.5 Å². The normalized spacial score (nSPS) is 19.0. The summed E-state index contributed by atoms with van der Waals surface area (Å²) in [5, 5.41) is 7.18. The molecule has 2 aliphatic heterocycles. The number of carbonyl (C=O) groups excluding carboxylic acids is 1. The number of anilines is 1. The molecule has 0 saturated carbocycles. The van der Waals surface area contributed by atoms with Crippen LogP contribution >= 0.6 is 0 Å². The number of fused-ring (bicyclic) bond motifs is 1. The van der Waals surface area contributed by atoms with E-state index in [1.54, 1.807) is 6.20 Å². The molecule has 1 fully saturated rings. The highest BCUT2D eigenvalue weighted by atomic mass is 16.7. The molecule has 1 saturated heterocycles. The van der Waals surface area contributed by atoms with Crippen molar-refractivity contribution in [1.82, 2.24) is 9.78 Å². The van der Waals surface area contributed by atoms with Gasteiger partial charge in [-0.2, -0.15) is 5.10 Å². The Kier molecular flexibility index (Phi) is 4.56. The lowest BCUT2D eigenvalue weighted by Gasteiger charge is -2.22. The molecular weight excluding hydrogens is 322 g/mol. The van der Waals surface area contributed by atoms with Crippen molar-refractivity contribution in [2.24, 2.45) is 0 Å². The summed E-state index contributed by atoms with van der Waals surface area (Å²) in [5.74, 6) is 1.31. The van der Waals surface area contributed by atoms with Gasteiger partial charge in [-0.05, 0) is 37.0 Å². The Morgan fingerprint density at radius 2 is 2.20 bits per heavy atom. The third-order valence-electron chi connectivity index (χ3n) is 4.38. The number of hydrogen-bond donors (Lipinski definition) is 1. The number of hydrogen-bond acceptors (Lipinski definition) is 5. The molecule has 0 bridgehead atoms. The van der Waals surface area contributed by atoms with Gasteiger partial charge in [-0.25, -0.2) is 0 Å². The molecule has 1 aromatic carbocycles. The molecule has 2 aromatic rings. The second-order valence-electron chi connectivity index (χ2n) is 6.35. The van der Waals surface area contributed by atoms with Crippen LogP contribution in [0.25, 0.3) is 0 Å². The predicted octanol–water partition coefficient (Wildman–Crippen LogP) is 2.36. The molecule has 0 aliphatic carbocycles. The summed E-state index contributed by atoms with van der Waals surface area (Å²) in [7, 11) is 0. The third-order valence-corrected chi connectivity index (χ3v) is 4.38. The monoisotopic (exact) mass is 343 g/mol. The van der Waals surface area contributed by atoms with Gasteiger partial charge in [-0.3, -0.25) is 9.48 Å². The standard InChI is InChI=1S/C18H21N3O4/c22-18(8-13-4-5-16-17(7-13)25-12-24-16)20-14-9-19-21(10-14)11-15-3-1-2-6-23-15/h4-5,7,9-10,15H,1-3,6,8,11-12H2,(H,20,22). The minimum atomic E-state index is -0.0904. The Balaban J connectivity index is 1.32. The fraction of sp³-hybridized carbons (Fsp3) is 0.444. The van der Waals surface area contributed by atoms with Crippen molar-refractivity contribution in [3.63, 3.8) is 0 Å². The van der Waals surface area contributed by atoms with Gasteiger partial charge in [0.1, 0.15) is 0 Å². The Hall–Kier alpha value is -2.54. The van der Waals surface area contributed by atoms with Crippen molar-refractivity contribution in [3.8, 4) is 11.5 Å². The van der Waals surface area contributed by atoms with E-state index < -0.39 is 0 Å². The zero-order valence-corrected chi connectivity index (χ0v) is 13.9. The fourth-order valence-electron chi connectivity index (χ4n) is 3.13. The fourth-order valence-corrected chi connectivity index (χ4v) is 3.13. The van der Waals surface area contributed by atoms with E-state index in [9.17, 15) is 4.79 Å². The highest BCUT2D eigenvalue weighted by molar-refractivity contribution is 5.92. The van der Waals surface area contributed by atoms with Crippen LogP contribution in [0, 0.1) is 0 Å². The topological polar surface area (TPSA) is 74.6 Å². The van der Waals surface area contributed by atoms with Crippen LogP contribution in [-0.2, 0) is 22.5 Å². The first-order chi connectivity index (χ1) is 12.3. The van der Waals surface area contributed by atoms with E-state index in [1.165, 1.54) is 6.42 Å². The molecule has 132 valence electrons. The first-order valence-electron chi connectivity index (χ1n) is 8.59. The van der Waals surface area contributed by atoms with Crippen LogP contribution < -0.4 is 14.8 Å². The third kappa shape index (κ3) is 3.93. The van der Waals surface area contributed by atoms with Crippen LogP contribution in [0.5, 0.6) is 11.5 Å². The summed E-state index contributed by atoms with van der Waals surface area (Å²) >= 11 is 0. The van der Waals surface area contributed by atoms with Gasteiger partial charge in [-0.15, -0.1) is 0 Å². The molecule has 7 heteroatoms. The van der Waals surface area contributed by atoms with E-state index in [4.69, 9.17) is 14.2 Å². The van der Waals surface area contributed by atoms with Gasteiger partial charge >= 0.3 is 0 Å². The molecule has 0 radical (unpaired) electrons. The lowest BCUT2D eigenvalue weighted by Crippen LogP contribution is -2.24. The predicted molar refractivity (Wildman–Crippen MR) is 90.7 cm³/mol. The highest BCUT2D eigenvalue weighted by Gasteiger charge is 2.16. The molecule has 3 heterocycles. The molecule has 0 spiro atoms. The van der Waals surface area contributed by atoms with Crippen LogP contribution in [0.2, 0.25) is 0 Å². The van der Waals surface area contributed by atoms with E-state index in [2.05, 4.69) is 10.4 Å². The van der Waals surface area contributed by atoms with Crippen molar-refractivity contribution in [3.05, 3.63) is 36.2 Å². The minimum Gasteiger partial charge on any atom is -0.454 e. The van der Waals surface area contributed by atoms with Gasteiger partial charge in [-0.1, -0.05) is 6.07 Å². The van der Waals surface area contributed by atoms with Crippen LogP contribution in [0.1, 0.15) is 24.8 Å².